The fourth-order valence-corrected chi connectivity index (χ4v) is 4.56. The predicted octanol–water partition coefficient (Wildman–Crippen LogP) is 2.49. The minimum absolute atomic E-state index is 0.0640. The van der Waals surface area contributed by atoms with Crippen molar-refractivity contribution in [3.63, 3.8) is 0 Å². The van der Waals surface area contributed by atoms with E-state index >= 15 is 0 Å². The van der Waals surface area contributed by atoms with Gasteiger partial charge in [-0.1, -0.05) is 19.8 Å². The summed E-state index contributed by atoms with van der Waals surface area (Å²) in [7, 11) is 0. The molecular weight excluding hydrogens is 248 g/mol. The van der Waals surface area contributed by atoms with Gasteiger partial charge in [0.15, 0.2) is 0 Å². The maximum atomic E-state index is 10.2. The van der Waals surface area contributed by atoms with Gasteiger partial charge in [-0.05, 0) is 44.4 Å². The first-order valence-corrected chi connectivity index (χ1v) is 8.90. The number of aliphatic hydroxyl groups excluding tert-OH is 1. The molecule has 1 saturated heterocycles. The Labute approximate surface area is 124 Å². The third kappa shape index (κ3) is 3.37. The molecule has 0 radical (unpaired) electrons. The maximum absolute atomic E-state index is 10.2. The molecule has 3 nitrogen and oxygen atoms in total. The zero-order valence-corrected chi connectivity index (χ0v) is 13.1. The van der Waals surface area contributed by atoms with E-state index in [-0.39, 0.29) is 6.10 Å². The highest BCUT2D eigenvalue weighted by molar-refractivity contribution is 4.88. The first kappa shape index (κ1) is 14.8. The van der Waals surface area contributed by atoms with Gasteiger partial charge in [0.2, 0.25) is 0 Å². The molecule has 3 rings (SSSR count). The van der Waals surface area contributed by atoms with Crippen LogP contribution in [0.25, 0.3) is 0 Å². The second-order valence-electron chi connectivity index (χ2n) is 7.40. The van der Waals surface area contributed by atoms with Crippen molar-refractivity contribution in [1.29, 1.82) is 0 Å². The molecular formula is C17H32N2O. The van der Waals surface area contributed by atoms with Crippen molar-refractivity contribution in [2.24, 2.45) is 5.92 Å². The lowest BCUT2D eigenvalue weighted by atomic mass is 9.86. The molecule has 0 aromatic rings. The molecule has 1 heterocycles. The Kier molecular flexibility index (Phi) is 5.00. The van der Waals surface area contributed by atoms with Crippen molar-refractivity contribution in [2.45, 2.75) is 76.5 Å². The van der Waals surface area contributed by atoms with Gasteiger partial charge in [0.25, 0.3) is 0 Å². The van der Waals surface area contributed by atoms with Crippen LogP contribution in [0.2, 0.25) is 0 Å². The molecule has 0 spiro atoms. The van der Waals surface area contributed by atoms with Crippen molar-refractivity contribution in [3.8, 4) is 0 Å². The van der Waals surface area contributed by atoms with Crippen LogP contribution in [0.3, 0.4) is 0 Å². The van der Waals surface area contributed by atoms with E-state index < -0.39 is 0 Å². The van der Waals surface area contributed by atoms with Crippen LogP contribution >= 0.6 is 0 Å². The van der Waals surface area contributed by atoms with Crippen LogP contribution < -0.4 is 0 Å². The van der Waals surface area contributed by atoms with E-state index in [1.165, 1.54) is 71.1 Å². The molecule has 0 bridgehead atoms. The maximum Gasteiger partial charge on any atom is 0.0695 e. The van der Waals surface area contributed by atoms with Crippen molar-refractivity contribution in [2.75, 3.05) is 26.2 Å². The zero-order chi connectivity index (χ0) is 13.9. The van der Waals surface area contributed by atoms with Gasteiger partial charge in [0.05, 0.1) is 6.10 Å². The molecule has 0 aromatic heterocycles. The van der Waals surface area contributed by atoms with E-state index in [1.807, 2.05) is 0 Å². The van der Waals surface area contributed by atoms with Crippen LogP contribution in [0.1, 0.15) is 58.3 Å². The Morgan fingerprint density at radius 1 is 0.750 bits per heavy atom. The third-order valence-corrected chi connectivity index (χ3v) is 6.01. The SMILES string of the molecule is CC1CCC(N2CCN(C3CCCCC3O)CC2)CC1. The van der Waals surface area contributed by atoms with E-state index in [9.17, 15) is 5.11 Å². The average Bonchev–Trinajstić information content (AvgIpc) is 2.49. The normalized spacial score (nSPS) is 41.7. The summed E-state index contributed by atoms with van der Waals surface area (Å²) >= 11 is 0. The van der Waals surface area contributed by atoms with Gasteiger partial charge in [-0.3, -0.25) is 9.80 Å². The van der Waals surface area contributed by atoms with E-state index in [4.69, 9.17) is 0 Å². The second-order valence-corrected chi connectivity index (χ2v) is 7.40. The fourth-order valence-electron chi connectivity index (χ4n) is 4.56. The topological polar surface area (TPSA) is 26.7 Å². The Balaban J connectivity index is 1.47. The van der Waals surface area contributed by atoms with Gasteiger partial charge in [0, 0.05) is 38.3 Å². The summed E-state index contributed by atoms with van der Waals surface area (Å²) in [5, 5.41) is 10.2. The molecule has 2 aliphatic carbocycles. The van der Waals surface area contributed by atoms with Crippen LogP contribution in [0.5, 0.6) is 0 Å². The number of piperazine rings is 1. The molecule has 116 valence electrons. The molecule has 0 aromatic carbocycles. The quantitative estimate of drug-likeness (QED) is 0.842. The molecule has 1 aliphatic heterocycles. The largest absolute Gasteiger partial charge is 0.391 e. The van der Waals surface area contributed by atoms with Gasteiger partial charge in [-0.2, -0.15) is 0 Å². The van der Waals surface area contributed by atoms with Crippen molar-refractivity contribution in [3.05, 3.63) is 0 Å². The summed E-state index contributed by atoms with van der Waals surface area (Å²) in [5.74, 6) is 0.949. The fraction of sp³-hybridized carbons (Fsp3) is 1.00. The summed E-state index contributed by atoms with van der Waals surface area (Å²) in [6, 6.07) is 1.31. The lowest BCUT2D eigenvalue weighted by Gasteiger charge is -2.45. The molecule has 2 unspecified atom stereocenters. The minimum Gasteiger partial charge on any atom is -0.391 e. The average molecular weight is 280 g/mol. The predicted molar refractivity (Wildman–Crippen MR) is 82.8 cm³/mol. The van der Waals surface area contributed by atoms with Crippen molar-refractivity contribution < 1.29 is 5.11 Å². The second kappa shape index (κ2) is 6.76. The summed E-state index contributed by atoms with van der Waals surface area (Å²) in [5.41, 5.74) is 0. The minimum atomic E-state index is -0.0640. The van der Waals surface area contributed by atoms with Gasteiger partial charge in [-0.15, -0.1) is 0 Å². The number of nitrogens with zero attached hydrogens (tertiary/aromatic N) is 2. The highest BCUT2D eigenvalue weighted by Crippen LogP contribution is 2.29. The molecule has 3 aliphatic rings. The number of hydrogen-bond donors (Lipinski definition) is 1. The lowest BCUT2D eigenvalue weighted by molar-refractivity contribution is -0.0147. The van der Waals surface area contributed by atoms with Gasteiger partial charge in [0.1, 0.15) is 0 Å². The van der Waals surface area contributed by atoms with E-state index in [1.54, 1.807) is 0 Å². The van der Waals surface area contributed by atoms with Crippen LogP contribution in [0.4, 0.5) is 0 Å². The van der Waals surface area contributed by atoms with Gasteiger partial charge < -0.3 is 5.11 Å². The van der Waals surface area contributed by atoms with Crippen LogP contribution in [0.15, 0.2) is 0 Å². The van der Waals surface area contributed by atoms with Crippen molar-refractivity contribution in [1.82, 2.24) is 9.80 Å². The molecule has 3 fully saturated rings. The smallest absolute Gasteiger partial charge is 0.0695 e. The molecule has 1 N–H and O–H groups in total. The molecule has 3 heteroatoms. The Hall–Kier alpha value is -0.120. The van der Waals surface area contributed by atoms with E-state index in [0.717, 1.165) is 18.4 Å². The standard InChI is InChI=1S/C17H32N2O/c1-14-6-8-15(9-7-14)18-10-12-19(13-11-18)16-4-2-3-5-17(16)20/h14-17,20H,2-13H2,1H3. The lowest BCUT2D eigenvalue weighted by Crippen LogP contribution is -2.56. The molecule has 0 amide bonds. The Morgan fingerprint density at radius 2 is 1.35 bits per heavy atom. The van der Waals surface area contributed by atoms with Crippen LogP contribution in [0, 0.1) is 5.92 Å². The molecule has 2 atom stereocenters. The zero-order valence-electron chi connectivity index (χ0n) is 13.1. The van der Waals surface area contributed by atoms with Crippen LogP contribution in [-0.2, 0) is 0 Å². The molecule has 2 saturated carbocycles. The number of aliphatic hydroxyl groups is 1. The third-order valence-electron chi connectivity index (χ3n) is 6.01. The molecule has 20 heavy (non-hydrogen) atoms. The first-order chi connectivity index (χ1) is 9.74. The summed E-state index contributed by atoms with van der Waals surface area (Å²) < 4.78 is 0. The van der Waals surface area contributed by atoms with Crippen LogP contribution in [-0.4, -0.2) is 59.3 Å². The summed E-state index contributed by atoms with van der Waals surface area (Å²) in [6.07, 6.45) is 10.4. The first-order valence-electron chi connectivity index (χ1n) is 8.90. The van der Waals surface area contributed by atoms with Gasteiger partial charge in [-0.25, -0.2) is 0 Å². The van der Waals surface area contributed by atoms with Gasteiger partial charge >= 0.3 is 0 Å². The summed E-state index contributed by atoms with van der Waals surface area (Å²) in [6.45, 7) is 7.20. The highest BCUT2D eigenvalue weighted by atomic mass is 16.3. The highest BCUT2D eigenvalue weighted by Gasteiger charge is 2.33. The number of hydrogen-bond acceptors (Lipinski definition) is 3. The van der Waals surface area contributed by atoms with E-state index in [2.05, 4.69) is 16.7 Å². The number of rotatable bonds is 2. The Bertz CT molecular complexity index is 293. The summed E-state index contributed by atoms with van der Waals surface area (Å²) in [4.78, 5) is 5.31. The van der Waals surface area contributed by atoms with Crippen molar-refractivity contribution >= 4 is 0 Å². The van der Waals surface area contributed by atoms with E-state index in [0.29, 0.717) is 6.04 Å². The monoisotopic (exact) mass is 280 g/mol. The Morgan fingerprint density at radius 3 is 2.00 bits per heavy atom.